The molecule has 3 rings (SSSR count). The standard InChI is InChI=1S/C18H14Cl2N2O3S/c1-24-14-7-11(8-15-17(23)22-18(21)26-15)6-13(20)16(14)25-9-10-2-4-12(19)5-3-10/h2-8H,9H2,1H3,(H2,21,22,23)/b15-8-. The van der Waals surface area contributed by atoms with Crippen molar-refractivity contribution in [3.63, 3.8) is 0 Å². The van der Waals surface area contributed by atoms with E-state index in [0.717, 1.165) is 17.3 Å². The number of amides is 1. The summed E-state index contributed by atoms with van der Waals surface area (Å²) in [7, 11) is 1.52. The topological polar surface area (TPSA) is 73.9 Å². The number of aliphatic imine (C=N–C) groups is 1. The number of carbonyl (C=O) groups excluding carboxylic acids is 1. The highest BCUT2D eigenvalue weighted by molar-refractivity contribution is 8.18. The summed E-state index contributed by atoms with van der Waals surface area (Å²) in [5.74, 6) is 0.515. The van der Waals surface area contributed by atoms with Gasteiger partial charge < -0.3 is 15.2 Å². The van der Waals surface area contributed by atoms with Crippen molar-refractivity contribution in [2.45, 2.75) is 6.61 Å². The third kappa shape index (κ3) is 4.33. The summed E-state index contributed by atoms with van der Waals surface area (Å²) in [6.07, 6.45) is 1.66. The molecule has 0 saturated carbocycles. The van der Waals surface area contributed by atoms with Gasteiger partial charge in [-0.1, -0.05) is 35.3 Å². The van der Waals surface area contributed by atoms with Gasteiger partial charge >= 0.3 is 0 Å². The second kappa shape index (κ2) is 8.03. The number of halogens is 2. The lowest BCUT2D eigenvalue weighted by Gasteiger charge is -2.13. The van der Waals surface area contributed by atoms with Crippen LogP contribution in [0.4, 0.5) is 0 Å². The van der Waals surface area contributed by atoms with E-state index in [1.807, 2.05) is 12.1 Å². The number of thioether (sulfide) groups is 1. The van der Waals surface area contributed by atoms with Crippen LogP contribution in [0.15, 0.2) is 46.3 Å². The number of ether oxygens (including phenoxy) is 2. The largest absolute Gasteiger partial charge is 0.493 e. The Labute approximate surface area is 164 Å². The zero-order valence-electron chi connectivity index (χ0n) is 13.7. The van der Waals surface area contributed by atoms with Crippen LogP contribution < -0.4 is 15.2 Å². The first-order valence-electron chi connectivity index (χ1n) is 7.49. The first-order valence-corrected chi connectivity index (χ1v) is 9.06. The van der Waals surface area contributed by atoms with Crippen LogP contribution in [0.3, 0.4) is 0 Å². The minimum atomic E-state index is -0.370. The fourth-order valence-electron chi connectivity index (χ4n) is 2.28. The van der Waals surface area contributed by atoms with Gasteiger partial charge in [0.25, 0.3) is 5.91 Å². The van der Waals surface area contributed by atoms with Gasteiger partial charge in [0.15, 0.2) is 16.7 Å². The molecule has 0 saturated heterocycles. The molecule has 1 aliphatic heterocycles. The van der Waals surface area contributed by atoms with E-state index in [1.165, 1.54) is 7.11 Å². The lowest BCUT2D eigenvalue weighted by Crippen LogP contribution is -2.01. The smallest absolute Gasteiger partial charge is 0.286 e. The Morgan fingerprint density at radius 2 is 1.96 bits per heavy atom. The lowest BCUT2D eigenvalue weighted by molar-refractivity contribution is -0.113. The van der Waals surface area contributed by atoms with Crippen molar-refractivity contribution in [1.29, 1.82) is 0 Å². The number of amidine groups is 1. The molecule has 2 aromatic carbocycles. The highest BCUT2D eigenvalue weighted by Crippen LogP contribution is 2.38. The summed E-state index contributed by atoms with van der Waals surface area (Å²) in [5.41, 5.74) is 7.19. The quantitative estimate of drug-likeness (QED) is 0.736. The van der Waals surface area contributed by atoms with Gasteiger partial charge in [-0.3, -0.25) is 4.79 Å². The van der Waals surface area contributed by atoms with Crippen molar-refractivity contribution in [2.75, 3.05) is 7.11 Å². The molecule has 0 aromatic heterocycles. The van der Waals surface area contributed by atoms with Crippen LogP contribution in [0.25, 0.3) is 6.08 Å². The third-order valence-corrected chi connectivity index (χ3v) is 4.83. The fraction of sp³-hybridized carbons (Fsp3) is 0.111. The molecule has 1 amide bonds. The first-order chi connectivity index (χ1) is 12.5. The molecule has 0 unspecified atom stereocenters. The van der Waals surface area contributed by atoms with Crippen LogP contribution >= 0.6 is 35.0 Å². The number of carbonyl (C=O) groups is 1. The number of hydrogen-bond acceptors (Lipinski definition) is 5. The van der Waals surface area contributed by atoms with Gasteiger partial charge in [-0.05, 0) is 53.2 Å². The Hall–Kier alpha value is -2.15. The Balaban J connectivity index is 1.82. The van der Waals surface area contributed by atoms with Gasteiger partial charge in [0, 0.05) is 5.02 Å². The second-order valence-electron chi connectivity index (χ2n) is 5.32. The van der Waals surface area contributed by atoms with Gasteiger partial charge in [-0.2, -0.15) is 4.99 Å². The Kier molecular flexibility index (Phi) is 5.76. The van der Waals surface area contributed by atoms with E-state index >= 15 is 0 Å². The molecular weight excluding hydrogens is 395 g/mol. The predicted molar refractivity (Wildman–Crippen MR) is 106 cm³/mol. The Morgan fingerprint density at radius 3 is 2.58 bits per heavy atom. The van der Waals surface area contributed by atoms with Crippen molar-refractivity contribution >= 4 is 52.1 Å². The number of rotatable bonds is 5. The van der Waals surface area contributed by atoms with Crippen molar-refractivity contribution in [3.8, 4) is 11.5 Å². The predicted octanol–water partition coefficient (Wildman–Crippen LogP) is 4.51. The number of hydrogen-bond donors (Lipinski definition) is 1. The molecule has 2 N–H and O–H groups in total. The summed E-state index contributed by atoms with van der Waals surface area (Å²) in [5, 5.41) is 1.25. The molecule has 8 heteroatoms. The number of methoxy groups -OCH3 is 1. The molecule has 1 heterocycles. The fourth-order valence-corrected chi connectivity index (χ4v) is 3.36. The average molecular weight is 409 g/mol. The van der Waals surface area contributed by atoms with E-state index < -0.39 is 0 Å². The highest BCUT2D eigenvalue weighted by atomic mass is 35.5. The molecule has 26 heavy (non-hydrogen) atoms. The van der Waals surface area contributed by atoms with Crippen LogP contribution in [0.5, 0.6) is 11.5 Å². The minimum absolute atomic E-state index is 0.224. The monoisotopic (exact) mass is 408 g/mol. The summed E-state index contributed by atoms with van der Waals surface area (Å²) in [6, 6.07) is 10.7. The average Bonchev–Trinajstić information content (AvgIpc) is 2.92. The van der Waals surface area contributed by atoms with Crippen LogP contribution in [-0.4, -0.2) is 18.2 Å². The molecule has 0 spiro atoms. The molecule has 0 bridgehead atoms. The molecule has 0 radical (unpaired) electrons. The van der Waals surface area contributed by atoms with Crippen LogP contribution in [-0.2, 0) is 11.4 Å². The number of benzene rings is 2. The highest BCUT2D eigenvalue weighted by Gasteiger charge is 2.20. The molecule has 0 fully saturated rings. The molecule has 0 atom stereocenters. The minimum Gasteiger partial charge on any atom is -0.493 e. The summed E-state index contributed by atoms with van der Waals surface area (Å²) >= 11 is 13.3. The van der Waals surface area contributed by atoms with Gasteiger partial charge in [0.05, 0.1) is 17.0 Å². The zero-order chi connectivity index (χ0) is 18.7. The molecule has 1 aliphatic rings. The van der Waals surface area contributed by atoms with Gasteiger partial charge in [-0.15, -0.1) is 0 Å². The van der Waals surface area contributed by atoms with Crippen molar-refractivity contribution < 1.29 is 14.3 Å². The first kappa shape index (κ1) is 18.6. The molecular formula is C18H14Cl2N2O3S. The summed E-state index contributed by atoms with van der Waals surface area (Å²) in [4.78, 5) is 15.8. The maximum absolute atomic E-state index is 11.7. The summed E-state index contributed by atoms with van der Waals surface area (Å²) < 4.78 is 11.2. The second-order valence-corrected chi connectivity index (χ2v) is 7.22. The SMILES string of the molecule is COc1cc(/C=C2\SC(N)=NC2=O)cc(Cl)c1OCc1ccc(Cl)cc1. The normalized spacial score (nSPS) is 15.3. The molecule has 5 nitrogen and oxygen atoms in total. The van der Waals surface area contributed by atoms with E-state index in [-0.39, 0.29) is 11.1 Å². The molecule has 0 aliphatic carbocycles. The van der Waals surface area contributed by atoms with Gasteiger partial charge in [0.2, 0.25) is 0 Å². The van der Waals surface area contributed by atoms with Crippen LogP contribution in [0.2, 0.25) is 10.0 Å². The maximum atomic E-state index is 11.7. The molecule has 2 aromatic rings. The van der Waals surface area contributed by atoms with E-state index in [4.69, 9.17) is 38.4 Å². The van der Waals surface area contributed by atoms with Crippen molar-refractivity contribution in [3.05, 3.63) is 62.5 Å². The molecule has 134 valence electrons. The summed E-state index contributed by atoms with van der Waals surface area (Å²) in [6.45, 7) is 0.312. The van der Waals surface area contributed by atoms with Crippen LogP contribution in [0, 0.1) is 0 Å². The Bertz CT molecular complexity index is 911. The van der Waals surface area contributed by atoms with Crippen LogP contribution in [0.1, 0.15) is 11.1 Å². The Morgan fingerprint density at radius 1 is 1.23 bits per heavy atom. The van der Waals surface area contributed by atoms with E-state index in [0.29, 0.717) is 38.6 Å². The number of nitrogens with zero attached hydrogens (tertiary/aromatic N) is 1. The van der Waals surface area contributed by atoms with E-state index in [2.05, 4.69) is 4.99 Å². The van der Waals surface area contributed by atoms with Crippen molar-refractivity contribution in [2.24, 2.45) is 10.7 Å². The lowest BCUT2D eigenvalue weighted by atomic mass is 10.1. The van der Waals surface area contributed by atoms with Gasteiger partial charge in [-0.25, -0.2) is 0 Å². The number of nitrogens with two attached hydrogens (primary N) is 1. The van der Waals surface area contributed by atoms with E-state index in [1.54, 1.807) is 30.3 Å². The van der Waals surface area contributed by atoms with E-state index in [9.17, 15) is 4.79 Å². The van der Waals surface area contributed by atoms with Gasteiger partial charge in [0.1, 0.15) is 6.61 Å². The third-order valence-electron chi connectivity index (χ3n) is 3.48. The maximum Gasteiger partial charge on any atom is 0.286 e. The van der Waals surface area contributed by atoms with Crippen molar-refractivity contribution in [1.82, 2.24) is 0 Å². The zero-order valence-corrected chi connectivity index (χ0v) is 16.0.